The third kappa shape index (κ3) is 6.53. The molecular formula is C18H18Cl2N2O2S. The van der Waals surface area contributed by atoms with Crippen molar-refractivity contribution in [1.82, 2.24) is 10.6 Å². The van der Waals surface area contributed by atoms with Crippen LogP contribution in [0.1, 0.15) is 29.8 Å². The Morgan fingerprint density at radius 2 is 1.72 bits per heavy atom. The van der Waals surface area contributed by atoms with Crippen LogP contribution in [0.2, 0.25) is 10.0 Å². The van der Waals surface area contributed by atoms with E-state index in [2.05, 4.69) is 10.6 Å². The molecule has 0 aliphatic heterocycles. The van der Waals surface area contributed by atoms with Gasteiger partial charge in [0.2, 0.25) is 0 Å². The molecule has 0 atom stereocenters. The van der Waals surface area contributed by atoms with Crippen molar-refractivity contribution in [3.05, 3.63) is 63.6 Å². The van der Waals surface area contributed by atoms with E-state index in [4.69, 9.17) is 40.2 Å². The molecule has 0 fully saturated rings. The van der Waals surface area contributed by atoms with Crippen molar-refractivity contribution in [2.24, 2.45) is 0 Å². The molecule has 0 radical (unpaired) electrons. The largest absolute Gasteiger partial charge is 0.491 e. The standard InChI is InChI=1S/C18H18Cl2N2O2S/c1-11(2)24-16-5-3-12(4-6-16)10-21-18(25)22-17(23)13-7-14(19)9-15(20)8-13/h3-9,11H,10H2,1-2H3,(H2,21,22,23,25). The Labute approximate surface area is 162 Å². The summed E-state index contributed by atoms with van der Waals surface area (Å²) in [6.45, 7) is 4.44. The Kier molecular flexibility index (Phi) is 7.05. The first kappa shape index (κ1) is 19.5. The highest BCUT2D eigenvalue weighted by atomic mass is 35.5. The molecule has 0 heterocycles. The van der Waals surface area contributed by atoms with Crippen LogP contribution in [0.25, 0.3) is 0 Å². The highest BCUT2D eigenvalue weighted by molar-refractivity contribution is 7.80. The first-order valence-electron chi connectivity index (χ1n) is 7.64. The molecule has 2 N–H and O–H groups in total. The van der Waals surface area contributed by atoms with E-state index in [1.165, 1.54) is 12.1 Å². The first-order valence-corrected chi connectivity index (χ1v) is 8.81. The fourth-order valence-corrected chi connectivity index (χ4v) is 2.74. The summed E-state index contributed by atoms with van der Waals surface area (Å²) in [4.78, 5) is 12.1. The molecule has 25 heavy (non-hydrogen) atoms. The number of halogens is 2. The second-order valence-electron chi connectivity index (χ2n) is 5.61. The fourth-order valence-electron chi connectivity index (χ4n) is 2.04. The normalized spacial score (nSPS) is 10.4. The number of rotatable bonds is 5. The van der Waals surface area contributed by atoms with E-state index in [1.54, 1.807) is 6.07 Å². The zero-order chi connectivity index (χ0) is 18.4. The van der Waals surface area contributed by atoms with Crippen LogP contribution >= 0.6 is 35.4 Å². The molecule has 0 aliphatic carbocycles. The van der Waals surface area contributed by atoms with E-state index in [0.717, 1.165) is 11.3 Å². The minimum absolute atomic E-state index is 0.131. The van der Waals surface area contributed by atoms with Crippen LogP contribution in [0.3, 0.4) is 0 Å². The quantitative estimate of drug-likeness (QED) is 0.725. The van der Waals surface area contributed by atoms with Crippen molar-refractivity contribution in [3.63, 3.8) is 0 Å². The van der Waals surface area contributed by atoms with Gasteiger partial charge in [-0.3, -0.25) is 10.1 Å². The molecule has 2 aromatic rings. The zero-order valence-electron chi connectivity index (χ0n) is 13.8. The number of ether oxygens (including phenoxy) is 1. The Hall–Kier alpha value is -1.82. The number of hydrogen-bond acceptors (Lipinski definition) is 3. The van der Waals surface area contributed by atoms with Crippen molar-refractivity contribution < 1.29 is 9.53 Å². The molecule has 0 saturated heterocycles. The predicted octanol–water partition coefficient (Wildman–Crippen LogP) is 4.59. The first-order chi connectivity index (χ1) is 11.8. The van der Waals surface area contributed by atoms with Gasteiger partial charge >= 0.3 is 0 Å². The fraction of sp³-hybridized carbons (Fsp3) is 0.222. The van der Waals surface area contributed by atoms with E-state index in [9.17, 15) is 4.79 Å². The molecule has 2 aromatic carbocycles. The van der Waals surface area contributed by atoms with Crippen LogP contribution in [-0.4, -0.2) is 17.1 Å². The highest BCUT2D eigenvalue weighted by Gasteiger charge is 2.09. The lowest BCUT2D eigenvalue weighted by Gasteiger charge is -2.12. The molecule has 2 rings (SSSR count). The van der Waals surface area contributed by atoms with E-state index in [0.29, 0.717) is 22.2 Å². The van der Waals surface area contributed by atoms with E-state index >= 15 is 0 Å². The lowest BCUT2D eigenvalue weighted by atomic mass is 10.2. The lowest BCUT2D eigenvalue weighted by molar-refractivity contribution is 0.0976. The minimum Gasteiger partial charge on any atom is -0.491 e. The summed E-state index contributed by atoms with van der Waals surface area (Å²) >= 11 is 16.9. The van der Waals surface area contributed by atoms with Gasteiger partial charge in [0.25, 0.3) is 5.91 Å². The minimum atomic E-state index is -0.373. The van der Waals surface area contributed by atoms with Gasteiger partial charge in [-0.1, -0.05) is 35.3 Å². The summed E-state index contributed by atoms with van der Waals surface area (Å²) in [6.07, 6.45) is 0.131. The monoisotopic (exact) mass is 396 g/mol. The summed E-state index contributed by atoms with van der Waals surface area (Å²) in [5.74, 6) is 0.440. The maximum atomic E-state index is 12.1. The van der Waals surface area contributed by atoms with E-state index < -0.39 is 0 Å². The van der Waals surface area contributed by atoms with Gasteiger partial charge in [0.05, 0.1) is 6.10 Å². The van der Waals surface area contributed by atoms with Gasteiger partial charge in [-0.05, 0) is 62.0 Å². The van der Waals surface area contributed by atoms with Crippen molar-refractivity contribution in [3.8, 4) is 5.75 Å². The molecule has 7 heteroatoms. The summed E-state index contributed by atoms with van der Waals surface area (Å²) in [7, 11) is 0. The number of amides is 1. The van der Waals surface area contributed by atoms with Gasteiger partial charge in [-0.15, -0.1) is 0 Å². The maximum Gasteiger partial charge on any atom is 0.257 e. The third-order valence-corrected chi connectivity index (χ3v) is 3.78. The third-order valence-electron chi connectivity index (χ3n) is 3.10. The lowest BCUT2D eigenvalue weighted by Crippen LogP contribution is -2.38. The number of carbonyl (C=O) groups is 1. The van der Waals surface area contributed by atoms with Gasteiger partial charge in [0.1, 0.15) is 5.75 Å². The number of hydrogen-bond donors (Lipinski definition) is 2. The van der Waals surface area contributed by atoms with Gasteiger partial charge in [-0.2, -0.15) is 0 Å². The number of thiocarbonyl (C=S) groups is 1. The molecule has 0 bridgehead atoms. The SMILES string of the molecule is CC(C)Oc1ccc(CNC(=S)NC(=O)c2cc(Cl)cc(Cl)c2)cc1. The molecular weight excluding hydrogens is 379 g/mol. The van der Waals surface area contributed by atoms with Crippen LogP contribution in [0.4, 0.5) is 0 Å². The average molecular weight is 397 g/mol. The number of benzene rings is 2. The molecule has 4 nitrogen and oxygen atoms in total. The summed E-state index contributed by atoms with van der Waals surface area (Å²) in [5.41, 5.74) is 1.36. The maximum absolute atomic E-state index is 12.1. The molecule has 0 aromatic heterocycles. The predicted molar refractivity (Wildman–Crippen MR) is 106 cm³/mol. The van der Waals surface area contributed by atoms with Gasteiger partial charge in [-0.25, -0.2) is 0 Å². The Morgan fingerprint density at radius 1 is 1.12 bits per heavy atom. The number of carbonyl (C=O) groups excluding carboxylic acids is 1. The summed E-state index contributed by atoms with van der Waals surface area (Å²) < 4.78 is 5.59. The van der Waals surface area contributed by atoms with Gasteiger partial charge in [0.15, 0.2) is 5.11 Å². The molecule has 132 valence electrons. The van der Waals surface area contributed by atoms with Gasteiger partial charge < -0.3 is 10.1 Å². The van der Waals surface area contributed by atoms with Crippen LogP contribution in [0, 0.1) is 0 Å². The molecule has 0 unspecified atom stereocenters. The van der Waals surface area contributed by atoms with Crippen LogP contribution in [0.15, 0.2) is 42.5 Å². The van der Waals surface area contributed by atoms with Crippen molar-refractivity contribution in [2.45, 2.75) is 26.5 Å². The Balaban J connectivity index is 1.86. The summed E-state index contributed by atoms with van der Waals surface area (Å²) in [6, 6.07) is 12.3. The highest BCUT2D eigenvalue weighted by Crippen LogP contribution is 2.19. The van der Waals surface area contributed by atoms with Crippen molar-refractivity contribution >= 4 is 46.4 Å². The second kappa shape index (κ2) is 9.04. The van der Waals surface area contributed by atoms with E-state index in [-0.39, 0.29) is 17.1 Å². The number of nitrogens with one attached hydrogen (secondary N) is 2. The molecule has 0 aliphatic rings. The molecule has 1 amide bonds. The van der Waals surface area contributed by atoms with Crippen molar-refractivity contribution in [1.29, 1.82) is 0 Å². The molecule has 0 saturated carbocycles. The Bertz CT molecular complexity index is 744. The van der Waals surface area contributed by atoms with Crippen LogP contribution in [-0.2, 0) is 6.54 Å². The second-order valence-corrected chi connectivity index (χ2v) is 6.89. The smallest absolute Gasteiger partial charge is 0.257 e. The molecule has 0 spiro atoms. The van der Waals surface area contributed by atoms with Gasteiger partial charge in [0, 0.05) is 22.2 Å². The average Bonchev–Trinajstić information content (AvgIpc) is 2.52. The Morgan fingerprint density at radius 3 is 2.28 bits per heavy atom. The van der Waals surface area contributed by atoms with E-state index in [1.807, 2.05) is 38.1 Å². The van der Waals surface area contributed by atoms with Crippen LogP contribution in [0.5, 0.6) is 5.75 Å². The zero-order valence-corrected chi connectivity index (χ0v) is 16.1. The van der Waals surface area contributed by atoms with Crippen molar-refractivity contribution in [2.75, 3.05) is 0 Å². The topological polar surface area (TPSA) is 50.4 Å². The summed E-state index contributed by atoms with van der Waals surface area (Å²) in [5, 5.41) is 6.58. The van der Waals surface area contributed by atoms with Crippen LogP contribution < -0.4 is 15.4 Å².